The summed E-state index contributed by atoms with van der Waals surface area (Å²) < 4.78 is 28.1. The molecule has 1 heterocycles. The highest BCUT2D eigenvalue weighted by atomic mass is 79.9. The van der Waals surface area contributed by atoms with Gasteiger partial charge in [0.25, 0.3) is 10.2 Å². The van der Waals surface area contributed by atoms with Crippen molar-refractivity contribution in [3.05, 3.63) is 0 Å². The van der Waals surface area contributed by atoms with Gasteiger partial charge in [-0.25, -0.2) is 0 Å². The SMILES string of the molecule is CCC(CBr)NS(=O)(=O)N1CCCCC1. The van der Waals surface area contributed by atoms with E-state index < -0.39 is 10.2 Å². The van der Waals surface area contributed by atoms with Gasteiger partial charge in [0, 0.05) is 24.5 Å². The molecule has 0 aromatic carbocycles. The molecule has 4 nitrogen and oxygen atoms in total. The first-order chi connectivity index (χ1) is 7.10. The Hall–Kier alpha value is 0.350. The van der Waals surface area contributed by atoms with Gasteiger partial charge in [-0.2, -0.15) is 17.4 Å². The summed E-state index contributed by atoms with van der Waals surface area (Å²) in [5.74, 6) is 0. The smallest absolute Gasteiger partial charge is 0.198 e. The molecule has 0 radical (unpaired) electrons. The molecule has 0 spiro atoms. The van der Waals surface area contributed by atoms with Crippen LogP contribution in [-0.4, -0.2) is 37.2 Å². The van der Waals surface area contributed by atoms with Gasteiger partial charge in [0.05, 0.1) is 0 Å². The monoisotopic (exact) mass is 298 g/mol. The molecule has 1 N–H and O–H groups in total. The highest BCUT2D eigenvalue weighted by Gasteiger charge is 2.25. The predicted octanol–water partition coefficient (Wildman–Crippen LogP) is 1.48. The Morgan fingerprint density at radius 3 is 2.40 bits per heavy atom. The number of rotatable bonds is 5. The minimum Gasteiger partial charge on any atom is -0.198 e. The first kappa shape index (κ1) is 13.4. The summed E-state index contributed by atoms with van der Waals surface area (Å²) in [5, 5.41) is 0.663. The molecular weight excluding hydrogens is 280 g/mol. The van der Waals surface area contributed by atoms with E-state index in [1.807, 2.05) is 6.92 Å². The van der Waals surface area contributed by atoms with Gasteiger partial charge in [-0.3, -0.25) is 0 Å². The number of hydrogen-bond acceptors (Lipinski definition) is 2. The molecule has 1 unspecified atom stereocenters. The van der Waals surface area contributed by atoms with E-state index in [4.69, 9.17) is 0 Å². The number of halogens is 1. The minimum atomic E-state index is -3.25. The van der Waals surface area contributed by atoms with Gasteiger partial charge in [0.2, 0.25) is 0 Å². The first-order valence-electron chi connectivity index (χ1n) is 5.43. The van der Waals surface area contributed by atoms with Crippen LogP contribution in [0.5, 0.6) is 0 Å². The Morgan fingerprint density at radius 2 is 1.93 bits per heavy atom. The number of nitrogens with zero attached hydrogens (tertiary/aromatic N) is 1. The van der Waals surface area contributed by atoms with Crippen molar-refractivity contribution in [3.8, 4) is 0 Å². The molecule has 1 saturated heterocycles. The van der Waals surface area contributed by atoms with E-state index in [1.165, 1.54) is 0 Å². The van der Waals surface area contributed by atoms with Crippen LogP contribution in [-0.2, 0) is 10.2 Å². The molecule has 0 saturated carbocycles. The van der Waals surface area contributed by atoms with Crippen molar-refractivity contribution >= 4 is 26.1 Å². The highest BCUT2D eigenvalue weighted by Crippen LogP contribution is 2.12. The maximum atomic E-state index is 11.9. The second kappa shape index (κ2) is 6.18. The van der Waals surface area contributed by atoms with Gasteiger partial charge in [-0.05, 0) is 19.3 Å². The maximum Gasteiger partial charge on any atom is 0.279 e. The Balaban J connectivity index is 2.56. The van der Waals surface area contributed by atoms with Crippen LogP contribution in [0.1, 0.15) is 32.6 Å². The zero-order chi connectivity index (χ0) is 11.3. The second-order valence-corrected chi connectivity index (χ2v) is 6.19. The van der Waals surface area contributed by atoms with Gasteiger partial charge in [0.15, 0.2) is 0 Å². The number of hydrogen-bond donors (Lipinski definition) is 1. The Bertz CT molecular complexity index is 272. The summed E-state index contributed by atoms with van der Waals surface area (Å²) in [6, 6.07) is -0.00285. The van der Waals surface area contributed by atoms with Crippen LogP contribution in [0.15, 0.2) is 0 Å². The summed E-state index contributed by atoms with van der Waals surface area (Å²) in [5.41, 5.74) is 0. The van der Waals surface area contributed by atoms with Crippen molar-refractivity contribution in [1.29, 1.82) is 0 Å². The molecule has 0 bridgehead atoms. The van der Waals surface area contributed by atoms with E-state index in [9.17, 15) is 8.42 Å². The summed E-state index contributed by atoms with van der Waals surface area (Å²) in [7, 11) is -3.25. The van der Waals surface area contributed by atoms with Gasteiger partial charge in [-0.15, -0.1) is 0 Å². The molecule has 1 aliphatic heterocycles. The van der Waals surface area contributed by atoms with Crippen molar-refractivity contribution in [3.63, 3.8) is 0 Å². The third kappa shape index (κ3) is 4.01. The lowest BCUT2D eigenvalue weighted by atomic mass is 10.2. The average Bonchev–Trinajstić information content (AvgIpc) is 2.27. The average molecular weight is 299 g/mol. The second-order valence-electron chi connectivity index (χ2n) is 3.84. The molecule has 1 atom stereocenters. The molecule has 0 aromatic heterocycles. The van der Waals surface area contributed by atoms with Crippen molar-refractivity contribution < 1.29 is 8.42 Å². The van der Waals surface area contributed by atoms with Crippen LogP contribution in [0.4, 0.5) is 0 Å². The lowest BCUT2D eigenvalue weighted by Gasteiger charge is -2.27. The van der Waals surface area contributed by atoms with Crippen LogP contribution in [0.25, 0.3) is 0 Å². The zero-order valence-electron chi connectivity index (χ0n) is 9.08. The Morgan fingerprint density at radius 1 is 1.33 bits per heavy atom. The van der Waals surface area contributed by atoms with E-state index >= 15 is 0 Å². The molecule has 1 fully saturated rings. The Kier molecular flexibility index (Phi) is 5.52. The molecule has 1 rings (SSSR count). The standard InChI is InChI=1S/C9H19BrN2O2S/c1-2-9(8-10)11-15(13,14)12-6-4-3-5-7-12/h9,11H,2-8H2,1H3. The fourth-order valence-electron chi connectivity index (χ4n) is 1.61. The lowest BCUT2D eigenvalue weighted by Crippen LogP contribution is -2.47. The van der Waals surface area contributed by atoms with Gasteiger partial charge in [0.1, 0.15) is 0 Å². The van der Waals surface area contributed by atoms with E-state index in [-0.39, 0.29) is 6.04 Å². The fourth-order valence-corrected chi connectivity index (χ4v) is 4.01. The van der Waals surface area contributed by atoms with Crippen LogP contribution in [0.2, 0.25) is 0 Å². The van der Waals surface area contributed by atoms with Crippen molar-refractivity contribution in [2.75, 3.05) is 18.4 Å². The minimum absolute atomic E-state index is 0.00285. The normalized spacial score (nSPS) is 21.5. The summed E-state index contributed by atoms with van der Waals surface area (Å²) >= 11 is 3.31. The largest absolute Gasteiger partial charge is 0.279 e. The quantitative estimate of drug-likeness (QED) is 0.782. The van der Waals surface area contributed by atoms with E-state index in [0.29, 0.717) is 18.4 Å². The summed E-state index contributed by atoms with van der Waals surface area (Å²) in [4.78, 5) is 0. The molecular formula is C9H19BrN2O2S. The van der Waals surface area contributed by atoms with E-state index in [0.717, 1.165) is 25.7 Å². The van der Waals surface area contributed by atoms with Crippen molar-refractivity contribution in [1.82, 2.24) is 9.03 Å². The van der Waals surface area contributed by atoms with Crippen molar-refractivity contribution in [2.45, 2.75) is 38.6 Å². The van der Waals surface area contributed by atoms with Crippen molar-refractivity contribution in [2.24, 2.45) is 0 Å². The molecule has 6 heteroatoms. The maximum absolute atomic E-state index is 11.9. The van der Waals surface area contributed by atoms with Gasteiger partial charge >= 0.3 is 0 Å². The predicted molar refractivity (Wildman–Crippen MR) is 65.4 cm³/mol. The number of piperidine rings is 1. The molecule has 1 aliphatic rings. The topological polar surface area (TPSA) is 49.4 Å². The van der Waals surface area contributed by atoms with Crippen LogP contribution < -0.4 is 4.72 Å². The molecule has 0 aliphatic carbocycles. The third-order valence-corrected chi connectivity index (χ3v) is 5.11. The first-order valence-corrected chi connectivity index (χ1v) is 7.99. The summed E-state index contributed by atoms with van der Waals surface area (Å²) in [6.45, 7) is 3.30. The zero-order valence-corrected chi connectivity index (χ0v) is 11.5. The molecule has 90 valence electrons. The number of nitrogens with one attached hydrogen (secondary N) is 1. The van der Waals surface area contributed by atoms with Gasteiger partial charge < -0.3 is 0 Å². The molecule has 0 amide bonds. The third-order valence-electron chi connectivity index (χ3n) is 2.65. The Labute approximate surface area is 101 Å². The number of alkyl halides is 1. The fraction of sp³-hybridized carbons (Fsp3) is 1.00. The van der Waals surface area contributed by atoms with E-state index in [1.54, 1.807) is 4.31 Å². The van der Waals surface area contributed by atoms with Crippen LogP contribution in [0.3, 0.4) is 0 Å². The molecule has 15 heavy (non-hydrogen) atoms. The molecule has 0 aromatic rings. The highest BCUT2D eigenvalue weighted by molar-refractivity contribution is 9.09. The van der Waals surface area contributed by atoms with Crippen LogP contribution in [0, 0.1) is 0 Å². The summed E-state index contributed by atoms with van der Waals surface area (Å²) in [6.07, 6.45) is 3.90. The van der Waals surface area contributed by atoms with E-state index in [2.05, 4.69) is 20.7 Å². The van der Waals surface area contributed by atoms with Gasteiger partial charge in [-0.1, -0.05) is 29.3 Å². The lowest BCUT2D eigenvalue weighted by molar-refractivity contribution is 0.339. The van der Waals surface area contributed by atoms with Crippen LogP contribution >= 0.6 is 15.9 Å².